The number of amides is 1. The second-order valence-corrected chi connectivity index (χ2v) is 8.79. The Morgan fingerprint density at radius 2 is 1.58 bits per heavy atom. The van der Waals surface area contributed by atoms with E-state index in [1.54, 1.807) is 32.9 Å². The molecule has 0 saturated carbocycles. The molecule has 0 aliphatic heterocycles. The predicted molar refractivity (Wildman–Crippen MR) is 96.5 cm³/mol. The van der Waals surface area contributed by atoms with Crippen molar-refractivity contribution in [3.8, 4) is 0 Å². The van der Waals surface area contributed by atoms with E-state index in [9.17, 15) is 17.6 Å². The van der Waals surface area contributed by atoms with Crippen LogP contribution in [0.1, 0.15) is 31.9 Å². The molecule has 2 rings (SSSR count). The summed E-state index contributed by atoms with van der Waals surface area (Å²) >= 11 is 0. The fourth-order valence-corrected chi connectivity index (χ4v) is 3.44. The lowest BCUT2D eigenvalue weighted by atomic mass is 10.2. The molecule has 0 aliphatic carbocycles. The molecule has 0 fully saturated rings. The fraction of sp³-hybridized carbons (Fsp3) is 0.316. The Hall–Kier alpha value is -2.41. The van der Waals surface area contributed by atoms with Gasteiger partial charge >= 0.3 is 6.09 Å². The van der Waals surface area contributed by atoms with Crippen LogP contribution in [0.15, 0.2) is 53.4 Å². The molecule has 0 bridgehead atoms. The Morgan fingerprint density at radius 3 is 2.08 bits per heavy atom. The number of hydrogen-bond acceptors (Lipinski definition) is 4. The van der Waals surface area contributed by atoms with Gasteiger partial charge in [-0.2, -0.15) is 4.31 Å². The molecule has 0 aromatic heterocycles. The van der Waals surface area contributed by atoms with Gasteiger partial charge < -0.3 is 4.74 Å². The third-order valence-corrected chi connectivity index (χ3v) is 5.17. The van der Waals surface area contributed by atoms with Crippen LogP contribution in [0, 0.1) is 12.7 Å². The summed E-state index contributed by atoms with van der Waals surface area (Å²) in [5.74, 6) is -0.445. The van der Waals surface area contributed by atoms with E-state index in [1.807, 2.05) is 6.92 Å². The lowest BCUT2D eigenvalue weighted by molar-refractivity contribution is 0.0381. The predicted octanol–water partition coefficient (Wildman–Crippen LogP) is 4.26. The van der Waals surface area contributed by atoms with E-state index in [-0.39, 0.29) is 11.4 Å². The normalized spacial score (nSPS) is 11.9. The average molecular weight is 379 g/mol. The molecule has 0 radical (unpaired) electrons. The highest BCUT2D eigenvalue weighted by Gasteiger charge is 2.33. The Morgan fingerprint density at radius 1 is 1.04 bits per heavy atom. The number of ether oxygens (including phenoxy) is 1. The molecule has 0 unspecified atom stereocenters. The molecule has 7 heteroatoms. The van der Waals surface area contributed by atoms with Crippen molar-refractivity contribution in [2.75, 3.05) is 0 Å². The molecule has 140 valence electrons. The van der Waals surface area contributed by atoms with Gasteiger partial charge in [0.2, 0.25) is 0 Å². The van der Waals surface area contributed by atoms with Crippen LogP contribution in [0.3, 0.4) is 0 Å². The number of sulfonamides is 1. The van der Waals surface area contributed by atoms with Gasteiger partial charge in [0.1, 0.15) is 11.4 Å². The summed E-state index contributed by atoms with van der Waals surface area (Å²) in [6.45, 7) is 6.53. The SMILES string of the molecule is Cc1ccc(S(=O)(=O)N(Cc2ccc(F)cc2)C(=O)OC(C)(C)C)cc1. The van der Waals surface area contributed by atoms with Crippen LogP contribution < -0.4 is 0 Å². The fourth-order valence-electron chi connectivity index (χ4n) is 2.15. The van der Waals surface area contributed by atoms with Gasteiger partial charge in [0.15, 0.2) is 0 Å². The first kappa shape index (κ1) is 19.9. The summed E-state index contributed by atoms with van der Waals surface area (Å²) in [7, 11) is -4.13. The van der Waals surface area contributed by atoms with Gasteiger partial charge in [-0.25, -0.2) is 17.6 Å². The van der Waals surface area contributed by atoms with Crippen molar-refractivity contribution in [1.29, 1.82) is 0 Å². The van der Waals surface area contributed by atoms with E-state index in [2.05, 4.69) is 0 Å². The van der Waals surface area contributed by atoms with Gasteiger partial charge in [-0.3, -0.25) is 0 Å². The quantitative estimate of drug-likeness (QED) is 0.796. The lowest BCUT2D eigenvalue weighted by Gasteiger charge is -2.27. The zero-order chi connectivity index (χ0) is 19.5. The van der Waals surface area contributed by atoms with Crippen molar-refractivity contribution in [2.24, 2.45) is 0 Å². The maximum atomic E-state index is 13.1. The van der Waals surface area contributed by atoms with E-state index in [0.717, 1.165) is 5.56 Å². The highest BCUT2D eigenvalue weighted by molar-refractivity contribution is 7.89. The standard InChI is InChI=1S/C19H22FNO4S/c1-14-5-11-17(12-6-14)26(23,24)21(18(22)25-19(2,3)4)13-15-7-9-16(20)10-8-15/h5-12H,13H2,1-4H3. The minimum Gasteiger partial charge on any atom is -0.443 e. The second-order valence-electron chi connectivity index (χ2n) is 6.93. The maximum Gasteiger partial charge on any atom is 0.424 e. The number of aryl methyl sites for hydroxylation is 1. The van der Waals surface area contributed by atoms with Crippen molar-refractivity contribution < 1.29 is 22.3 Å². The van der Waals surface area contributed by atoms with Gasteiger partial charge in [-0.05, 0) is 57.5 Å². The number of rotatable bonds is 4. The topological polar surface area (TPSA) is 63.7 Å². The van der Waals surface area contributed by atoms with Crippen LogP contribution in [-0.2, 0) is 21.3 Å². The van der Waals surface area contributed by atoms with E-state index in [0.29, 0.717) is 9.87 Å². The third kappa shape index (κ3) is 5.05. The summed E-state index contributed by atoms with van der Waals surface area (Å²) in [6.07, 6.45) is -0.984. The molecule has 0 atom stereocenters. The summed E-state index contributed by atoms with van der Waals surface area (Å²) in [4.78, 5) is 12.6. The van der Waals surface area contributed by atoms with E-state index < -0.39 is 27.5 Å². The highest BCUT2D eigenvalue weighted by atomic mass is 32.2. The van der Waals surface area contributed by atoms with Gasteiger partial charge in [0, 0.05) is 0 Å². The monoisotopic (exact) mass is 379 g/mol. The Kier molecular flexibility index (Phi) is 5.71. The molecule has 0 aliphatic rings. The zero-order valence-electron chi connectivity index (χ0n) is 15.2. The Labute approximate surface area is 153 Å². The van der Waals surface area contributed by atoms with Crippen LogP contribution in [0.5, 0.6) is 0 Å². The molecule has 2 aromatic carbocycles. The molecule has 26 heavy (non-hydrogen) atoms. The third-order valence-electron chi connectivity index (χ3n) is 3.45. The summed E-state index contributed by atoms with van der Waals surface area (Å²) in [5, 5.41) is 0. The van der Waals surface area contributed by atoms with Crippen LogP contribution in [0.2, 0.25) is 0 Å². The van der Waals surface area contributed by atoms with Crippen molar-refractivity contribution in [1.82, 2.24) is 4.31 Å². The lowest BCUT2D eigenvalue weighted by Crippen LogP contribution is -2.40. The minimum atomic E-state index is -4.13. The van der Waals surface area contributed by atoms with Crippen molar-refractivity contribution >= 4 is 16.1 Å². The van der Waals surface area contributed by atoms with Crippen molar-refractivity contribution in [3.63, 3.8) is 0 Å². The number of carbonyl (C=O) groups excluding carboxylic acids is 1. The number of halogens is 1. The van der Waals surface area contributed by atoms with E-state index >= 15 is 0 Å². The number of nitrogens with zero attached hydrogens (tertiary/aromatic N) is 1. The Balaban J connectivity index is 2.43. The summed E-state index contributed by atoms with van der Waals surface area (Å²) in [5.41, 5.74) is 0.500. The first-order chi connectivity index (χ1) is 12.0. The molecule has 2 aromatic rings. The van der Waals surface area contributed by atoms with Gasteiger partial charge in [0.25, 0.3) is 10.0 Å². The van der Waals surface area contributed by atoms with Crippen LogP contribution in [-0.4, -0.2) is 24.4 Å². The van der Waals surface area contributed by atoms with Gasteiger partial charge in [-0.1, -0.05) is 29.8 Å². The Bertz CT molecular complexity index is 869. The molecule has 0 N–H and O–H groups in total. The molecule has 0 heterocycles. The largest absolute Gasteiger partial charge is 0.443 e. The smallest absolute Gasteiger partial charge is 0.424 e. The highest BCUT2D eigenvalue weighted by Crippen LogP contribution is 2.22. The second kappa shape index (κ2) is 7.45. The van der Waals surface area contributed by atoms with Gasteiger partial charge in [-0.15, -0.1) is 0 Å². The maximum absolute atomic E-state index is 13.1. The van der Waals surface area contributed by atoms with Crippen LogP contribution in [0.4, 0.5) is 9.18 Å². The molecule has 1 amide bonds. The minimum absolute atomic E-state index is 0.0175. The number of benzene rings is 2. The van der Waals surface area contributed by atoms with Crippen LogP contribution in [0.25, 0.3) is 0 Å². The van der Waals surface area contributed by atoms with Crippen LogP contribution >= 0.6 is 0 Å². The van der Waals surface area contributed by atoms with Gasteiger partial charge in [0.05, 0.1) is 11.4 Å². The number of hydrogen-bond donors (Lipinski definition) is 0. The van der Waals surface area contributed by atoms with E-state index in [4.69, 9.17) is 4.74 Å². The first-order valence-electron chi connectivity index (χ1n) is 8.06. The summed E-state index contributed by atoms with van der Waals surface area (Å²) in [6, 6.07) is 11.5. The van der Waals surface area contributed by atoms with E-state index in [1.165, 1.54) is 36.4 Å². The van der Waals surface area contributed by atoms with Crippen molar-refractivity contribution in [3.05, 3.63) is 65.5 Å². The molecular formula is C19H22FNO4S. The number of carbonyl (C=O) groups is 1. The molecule has 5 nitrogen and oxygen atoms in total. The molecular weight excluding hydrogens is 357 g/mol. The van der Waals surface area contributed by atoms with Crippen molar-refractivity contribution in [2.45, 2.75) is 44.7 Å². The first-order valence-corrected chi connectivity index (χ1v) is 9.50. The molecule has 0 spiro atoms. The zero-order valence-corrected chi connectivity index (χ0v) is 16.0. The molecule has 0 saturated heterocycles. The summed E-state index contributed by atoms with van der Waals surface area (Å²) < 4.78 is 45.0. The average Bonchev–Trinajstić information content (AvgIpc) is 2.52.